The molecular formula is C31H41N5O5. The molecule has 0 atom stereocenters. The molecule has 0 aliphatic heterocycles. The summed E-state index contributed by atoms with van der Waals surface area (Å²) >= 11 is 0. The third kappa shape index (κ3) is 8.15. The van der Waals surface area contributed by atoms with Crippen molar-refractivity contribution in [3.8, 4) is 16.9 Å². The van der Waals surface area contributed by atoms with Crippen LogP contribution in [0.2, 0.25) is 0 Å². The number of ether oxygens (including phenoxy) is 4. The summed E-state index contributed by atoms with van der Waals surface area (Å²) in [6.07, 6.45) is 6.25. The van der Waals surface area contributed by atoms with Crippen LogP contribution in [0.15, 0.2) is 48.9 Å². The molecule has 0 saturated heterocycles. The van der Waals surface area contributed by atoms with Crippen molar-refractivity contribution >= 4 is 27.6 Å². The van der Waals surface area contributed by atoms with Crippen molar-refractivity contribution in [2.45, 2.75) is 44.9 Å². The Hall–Kier alpha value is -3.28. The zero-order chi connectivity index (χ0) is 28.7. The van der Waals surface area contributed by atoms with Crippen LogP contribution in [-0.4, -0.2) is 84.1 Å². The van der Waals surface area contributed by atoms with Crippen molar-refractivity contribution < 1.29 is 24.1 Å². The van der Waals surface area contributed by atoms with Crippen LogP contribution >= 0.6 is 0 Å². The fraction of sp³-hybridized carbons (Fsp3) is 0.484. The number of hydrogen-bond donors (Lipinski definition) is 3. The van der Waals surface area contributed by atoms with Gasteiger partial charge < -0.3 is 39.7 Å². The first kappa shape index (κ1) is 29.2. The number of rotatable bonds is 17. The maximum atomic E-state index is 10.6. The van der Waals surface area contributed by atoms with E-state index < -0.39 is 5.60 Å². The fourth-order valence-electron chi connectivity index (χ4n) is 4.72. The monoisotopic (exact) mass is 563 g/mol. The predicted molar refractivity (Wildman–Crippen MR) is 160 cm³/mol. The maximum Gasteiger partial charge on any atom is 0.146 e. The lowest BCUT2D eigenvalue weighted by Crippen LogP contribution is -2.25. The standard InChI is InChI=1S/C31H41N5O5/c1-31(2,37)20-36-19-27(24-4-3-23-18-26(41-25-7-8-25)6-5-22(23)17-24)28-29(34-21-35-30(28)36)33-10-12-39-14-16-40-15-13-38-11-9-32/h3-6,17-19,21,25,37H,7-16,20,32H2,1-2H3,(H,33,34,35). The molecule has 10 nitrogen and oxygen atoms in total. The number of hydrogen-bond acceptors (Lipinski definition) is 9. The van der Waals surface area contributed by atoms with Crippen LogP contribution in [0, 0.1) is 0 Å². The van der Waals surface area contributed by atoms with E-state index in [4.69, 9.17) is 24.7 Å². The minimum absolute atomic E-state index is 0.366. The molecule has 0 spiro atoms. The molecule has 2 aromatic heterocycles. The van der Waals surface area contributed by atoms with Crippen molar-refractivity contribution in [2.24, 2.45) is 5.73 Å². The van der Waals surface area contributed by atoms with Crippen molar-refractivity contribution in [3.63, 3.8) is 0 Å². The van der Waals surface area contributed by atoms with Gasteiger partial charge in [-0.2, -0.15) is 0 Å². The van der Waals surface area contributed by atoms with Gasteiger partial charge in [0.2, 0.25) is 0 Å². The fourth-order valence-corrected chi connectivity index (χ4v) is 4.72. The third-order valence-corrected chi connectivity index (χ3v) is 6.71. The number of aliphatic hydroxyl groups is 1. The van der Waals surface area contributed by atoms with Gasteiger partial charge in [-0.1, -0.05) is 18.2 Å². The summed E-state index contributed by atoms with van der Waals surface area (Å²) in [6.45, 7) is 8.18. The summed E-state index contributed by atoms with van der Waals surface area (Å²) in [5, 5.41) is 17.2. The van der Waals surface area contributed by atoms with Gasteiger partial charge >= 0.3 is 0 Å². The van der Waals surface area contributed by atoms with Gasteiger partial charge in [-0.3, -0.25) is 0 Å². The van der Waals surface area contributed by atoms with E-state index in [1.54, 1.807) is 20.2 Å². The smallest absolute Gasteiger partial charge is 0.146 e. The Morgan fingerprint density at radius 2 is 1.66 bits per heavy atom. The van der Waals surface area contributed by atoms with Gasteiger partial charge in [0.25, 0.3) is 0 Å². The quantitative estimate of drug-likeness (QED) is 0.164. The number of nitrogens with zero attached hydrogens (tertiary/aromatic N) is 3. The van der Waals surface area contributed by atoms with Gasteiger partial charge in [0.15, 0.2) is 0 Å². The molecule has 5 rings (SSSR count). The summed E-state index contributed by atoms with van der Waals surface area (Å²) in [5.74, 6) is 1.64. The summed E-state index contributed by atoms with van der Waals surface area (Å²) < 4.78 is 24.5. The molecular weight excluding hydrogens is 522 g/mol. The lowest BCUT2D eigenvalue weighted by atomic mass is 10.0. The van der Waals surface area contributed by atoms with Crippen LogP contribution in [0.4, 0.5) is 5.82 Å². The molecule has 4 aromatic rings. The van der Waals surface area contributed by atoms with Crippen LogP contribution in [0.3, 0.4) is 0 Å². The van der Waals surface area contributed by atoms with Crippen molar-refractivity contribution in [1.29, 1.82) is 0 Å². The molecule has 10 heteroatoms. The van der Waals surface area contributed by atoms with E-state index in [0.29, 0.717) is 65.4 Å². The van der Waals surface area contributed by atoms with E-state index in [2.05, 4.69) is 51.8 Å². The van der Waals surface area contributed by atoms with E-state index in [9.17, 15) is 5.11 Å². The molecule has 0 radical (unpaired) electrons. The van der Waals surface area contributed by atoms with Crippen LogP contribution < -0.4 is 15.8 Å². The van der Waals surface area contributed by atoms with Crippen LogP contribution in [-0.2, 0) is 20.8 Å². The van der Waals surface area contributed by atoms with E-state index in [-0.39, 0.29) is 0 Å². The Bertz CT molecular complexity index is 1430. The molecule has 1 fully saturated rings. The maximum absolute atomic E-state index is 10.6. The zero-order valence-electron chi connectivity index (χ0n) is 24.0. The Kier molecular flexibility index (Phi) is 9.68. The Labute approximate surface area is 240 Å². The first-order valence-electron chi connectivity index (χ1n) is 14.4. The van der Waals surface area contributed by atoms with Crippen molar-refractivity contribution in [1.82, 2.24) is 14.5 Å². The normalized spacial score (nSPS) is 13.8. The number of aromatic nitrogens is 3. The highest BCUT2D eigenvalue weighted by molar-refractivity contribution is 6.03. The summed E-state index contributed by atoms with van der Waals surface area (Å²) in [6, 6.07) is 12.7. The van der Waals surface area contributed by atoms with Gasteiger partial charge in [-0.05, 0) is 61.2 Å². The molecule has 0 unspecified atom stereocenters. The minimum atomic E-state index is -0.907. The van der Waals surface area contributed by atoms with E-state index in [1.165, 1.54) is 0 Å². The van der Waals surface area contributed by atoms with Gasteiger partial charge in [0.1, 0.15) is 23.5 Å². The summed E-state index contributed by atoms with van der Waals surface area (Å²) in [5.41, 5.74) is 7.30. The molecule has 4 N–H and O–H groups in total. The molecule has 2 aromatic carbocycles. The van der Waals surface area contributed by atoms with Crippen LogP contribution in [0.25, 0.3) is 32.9 Å². The largest absolute Gasteiger partial charge is 0.490 e. The molecule has 1 aliphatic rings. The first-order chi connectivity index (χ1) is 19.9. The SMILES string of the molecule is CC(C)(O)Cn1cc(-c2ccc3cc(OC4CC4)ccc3c2)c2c(NCCOCCOCCOCCN)ncnc21. The van der Waals surface area contributed by atoms with E-state index >= 15 is 0 Å². The van der Waals surface area contributed by atoms with E-state index in [0.717, 1.165) is 57.3 Å². The second-order valence-electron chi connectivity index (χ2n) is 11.0. The number of nitrogens with two attached hydrogens (primary N) is 1. The molecule has 0 amide bonds. The van der Waals surface area contributed by atoms with Crippen LogP contribution in [0.1, 0.15) is 26.7 Å². The van der Waals surface area contributed by atoms with Gasteiger partial charge in [0.05, 0.1) is 63.3 Å². The van der Waals surface area contributed by atoms with Gasteiger partial charge in [-0.25, -0.2) is 9.97 Å². The van der Waals surface area contributed by atoms with Gasteiger partial charge in [-0.15, -0.1) is 0 Å². The minimum Gasteiger partial charge on any atom is -0.490 e. The second-order valence-corrected chi connectivity index (χ2v) is 11.0. The number of benzene rings is 2. The Morgan fingerprint density at radius 1 is 0.951 bits per heavy atom. The summed E-state index contributed by atoms with van der Waals surface area (Å²) in [4.78, 5) is 9.18. The molecule has 1 aliphatic carbocycles. The van der Waals surface area contributed by atoms with E-state index in [1.807, 2.05) is 10.6 Å². The average molecular weight is 564 g/mol. The lowest BCUT2D eigenvalue weighted by Gasteiger charge is -2.18. The number of anilines is 1. The summed E-state index contributed by atoms with van der Waals surface area (Å²) in [7, 11) is 0. The lowest BCUT2D eigenvalue weighted by molar-refractivity contribution is 0.0179. The molecule has 1 saturated carbocycles. The first-order valence-corrected chi connectivity index (χ1v) is 14.4. The highest BCUT2D eigenvalue weighted by atomic mass is 16.5. The molecule has 220 valence electrons. The number of fused-ring (bicyclic) bond motifs is 2. The highest BCUT2D eigenvalue weighted by Crippen LogP contribution is 2.36. The third-order valence-electron chi connectivity index (χ3n) is 6.71. The molecule has 41 heavy (non-hydrogen) atoms. The second kappa shape index (κ2) is 13.6. The van der Waals surface area contributed by atoms with Gasteiger partial charge in [0, 0.05) is 24.8 Å². The molecule has 2 heterocycles. The van der Waals surface area contributed by atoms with Crippen LogP contribution in [0.5, 0.6) is 5.75 Å². The van der Waals surface area contributed by atoms with Crippen molar-refractivity contribution in [3.05, 3.63) is 48.9 Å². The molecule has 0 bridgehead atoms. The average Bonchev–Trinajstić information content (AvgIpc) is 3.70. The topological polar surface area (TPSA) is 126 Å². The van der Waals surface area contributed by atoms with Crippen molar-refractivity contribution in [2.75, 3.05) is 58.0 Å². The Balaban J connectivity index is 1.30. The predicted octanol–water partition coefficient (Wildman–Crippen LogP) is 3.98. The number of nitrogens with one attached hydrogen (secondary N) is 1. The Morgan fingerprint density at radius 3 is 2.39 bits per heavy atom. The highest BCUT2D eigenvalue weighted by Gasteiger charge is 2.24. The zero-order valence-corrected chi connectivity index (χ0v) is 24.0.